The van der Waals surface area contributed by atoms with Crippen LogP contribution in [0.1, 0.15) is 30.5 Å². The van der Waals surface area contributed by atoms with E-state index < -0.39 is 23.3 Å². The molecule has 2 unspecified atom stereocenters. The fourth-order valence-electron chi connectivity index (χ4n) is 6.20. The maximum atomic E-state index is 13.7. The van der Waals surface area contributed by atoms with Crippen molar-refractivity contribution in [3.63, 3.8) is 0 Å². The molecule has 9 nitrogen and oxygen atoms in total. The third-order valence-corrected chi connectivity index (χ3v) is 7.79. The Morgan fingerprint density at radius 3 is 2.28 bits per heavy atom. The summed E-state index contributed by atoms with van der Waals surface area (Å²) in [5.74, 6) is 0.178. The monoisotopic (exact) mass is 492 g/mol. The molecule has 3 aliphatic heterocycles. The number of aromatic nitrogens is 1. The van der Waals surface area contributed by atoms with E-state index in [0.717, 1.165) is 33.2 Å². The lowest BCUT2D eigenvalue weighted by Crippen LogP contribution is -2.67. The molecule has 2 fully saturated rings. The largest absolute Gasteiger partial charge is 0.494 e. The molecule has 2 bridgehead atoms. The SMILES string of the molecule is CCOc1ccc(CC2(CN3CC4CC(C3)c3cccc(=O)n3C4)C(=O)N(C)C(=O)N(C)C2=O)cc1. The molecule has 9 heteroatoms. The highest BCUT2D eigenvalue weighted by Crippen LogP contribution is 2.39. The number of imide groups is 2. The van der Waals surface area contributed by atoms with Gasteiger partial charge in [0.2, 0.25) is 11.8 Å². The molecule has 0 spiro atoms. The van der Waals surface area contributed by atoms with Crippen molar-refractivity contribution in [2.45, 2.75) is 32.2 Å². The highest BCUT2D eigenvalue weighted by Gasteiger charge is 2.56. The van der Waals surface area contributed by atoms with Crippen LogP contribution in [0.3, 0.4) is 0 Å². The maximum absolute atomic E-state index is 13.7. The van der Waals surface area contributed by atoms with E-state index in [1.54, 1.807) is 12.1 Å². The van der Waals surface area contributed by atoms with Gasteiger partial charge in [0.25, 0.3) is 5.56 Å². The Morgan fingerprint density at radius 1 is 0.917 bits per heavy atom. The van der Waals surface area contributed by atoms with Gasteiger partial charge >= 0.3 is 6.03 Å². The average molecular weight is 493 g/mol. The van der Waals surface area contributed by atoms with Gasteiger partial charge in [-0.2, -0.15) is 0 Å². The number of urea groups is 1. The zero-order valence-electron chi connectivity index (χ0n) is 21.0. The van der Waals surface area contributed by atoms with E-state index in [9.17, 15) is 19.2 Å². The molecule has 1 aromatic carbocycles. The molecule has 1 aromatic heterocycles. The van der Waals surface area contributed by atoms with Crippen LogP contribution in [0.25, 0.3) is 0 Å². The first-order chi connectivity index (χ1) is 17.2. The van der Waals surface area contributed by atoms with E-state index in [-0.39, 0.29) is 30.4 Å². The Labute approximate surface area is 210 Å². The summed E-state index contributed by atoms with van der Waals surface area (Å²) in [6, 6.07) is 12.2. The third kappa shape index (κ3) is 4.01. The molecular formula is C27H32N4O5. The molecule has 36 heavy (non-hydrogen) atoms. The molecule has 4 amide bonds. The van der Waals surface area contributed by atoms with Crippen molar-refractivity contribution in [3.8, 4) is 5.75 Å². The van der Waals surface area contributed by atoms with E-state index in [1.807, 2.05) is 41.8 Å². The van der Waals surface area contributed by atoms with Gasteiger partial charge in [0.1, 0.15) is 11.2 Å². The summed E-state index contributed by atoms with van der Waals surface area (Å²) in [5, 5.41) is 0. The number of piperidine rings is 1. The lowest BCUT2D eigenvalue weighted by Gasteiger charge is -2.48. The molecule has 0 N–H and O–H groups in total. The second kappa shape index (κ2) is 9.20. The summed E-state index contributed by atoms with van der Waals surface area (Å²) in [4.78, 5) is 56.7. The van der Waals surface area contributed by atoms with Gasteiger partial charge in [-0.25, -0.2) is 4.79 Å². The summed E-state index contributed by atoms with van der Waals surface area (Å²) in [5.41, 5.74) is 0.425. The van der Waals surface area contributed by atoms with Crippen LogP contribution in [-0.4, -0.2) is 77.4 Å². The van der Waals surface area contributed by atoms with Crippen molar-refractivity contribution in [1.82, 2.24) is 19.3 Å². The van der Waals surface area contributed by atoms with Crippen LogP contribution < -0.4 is 10.3 Å². The van der Waals surface area contributed by atoms with Gasteiger partial charge in [-0.15, -0.1) is 0 Å². The van der Waals surface area contributed by atoms with Crippen LogP contribution >= 0.6 is 0 Å². The Balaban J connectivity index is 1.48. The molecule has 5 rings (SSSR count). The molecule has 0 aliphatic carbocycles. The molecule has 4 heterocycles. The van der Waals surface area contributed by atoms with Gasteiger partial charge < -0.3 is 14.2 Å². The Kier molecular flexibility index (Phi) is 6.20. The number of benzene rings is 1. The standard InChI is InChI=1S/C27H32N4O5/c1-4-36-21-10-8-18(9-11-21)13-27(24(33)28(2)26(35)29(3)25(27)34)17-30-14-19-12-20(16-30)22-6-5-7-23(32)31(22)15-19/h5-11,19-20H,4,12-17H2,1-3H3. The zero-order valence-corrected chi connectivity index (χ0v) is 21.0. The fourth-order valence-corrected chi connectivity index (χ4v) is 6.20. The van der Waals surface area contributed by atoms with E-state index in [0.29, 0.717) is 26.2 Å². The number of hydrogen-bond donors (Lipinski definition) is 0. The van der Waals surface area contributed by atoms with E-state index in [1.165, 1.54) is 14.1 Å². The highest BCUT2D eigenvalue weighted by atomic mass is 16.5. The van der Waals surface area contributed by atoms with E-state index >= 15 is 0 Å². The molecule has 190 valence electrons. The van der Waals surface area contributed by atoms with Crippen LogP contribution in [-0.2, 0) is 22.6 Å². The number of carbonyl (C=O) groups is 3. The summed E-state index contributed by atoms with van der Waals surface area (Å²) < 4.78 is 7.40. The van der Waals surface area contributed by atoms with Crippen molar-refractivity contribution >= 4 is 17.8 Å². The smallest absolute Gasteiger partial charge is 0.332 e. The lowest BCUT2D eigenvalue weighted by molar-refractivity contribution is -0.159. The first kappa shape index (κ1) is 24.2. The van der Waals surface area contributed by atoms with Crippen LogP contribution in [0.15, 0.2) is 47.3 Å². The van der Waals surface area contributed by atoms with Gasteiger partial charge in [-0.1, -0.05) is 18.2 Å². The molecular weight excluding hydrogens is 460 g/mol. The number of barbiturate groups is 1. The summed E-state index contributed by atoms with van der Waals surface area (Å²) in [6.45, 7) is 4.63. The molecule has 2 atom stereocenters. The minimum Gasteiger partial charge on any atom is -0.494 e. The molecule has 2 saturated heterocycles. The van der Waals surface area contributed by atoms with Crippen LogP contribution in [0, 0.1) is 11.3 Å². The fraction of sp³-hybridized carbons (Fsp3) is 0.481. The number of hydrogen-bond acceptors (Lipinski definition) is 6. The van der Waals surface area contributed by atoms with Crippen molar-refractivity contribution in [2.75, 3.05) is 40.3 Å². The highest BCUT2D eigenvalue weighted by molar-refractivity contribution is 6.19. The zero-order chi connectivity index (χ0) is 25.6. The number of rotatable bonds is 6. The maximum Gasteiger partial charge on any atom is 0.332 e. The minimum absolute atomic E-state index is 0.0158. The lowest BCUT2D eigenvalue weighted by atomic mass is 9.75. The minimum atomic E-state index is -1.42. The Bertz CT molecular complexity index is 1230. The summed E-state index contributed by atoms with van der Waals surface area (Å²) in [7, 11) is 2.88. The van der Waals surface area contributed by atoms with E-state index in [4.69, 9.17) is 4.74 Å². The number of nitrogens with zero attached hydrogens (tertiary/aromatic N) is 4. The summed E-state index contributed by atoms with van der Waals surface area (Å²) in [6.07, 6.45) is 1.16. The van der Waals surface area contributed by atoms with E-state index in [2.05, 4.69) is 4.90 Å². The molecule has 2 aromatic rings. The predicted octanol–water partition coefficient (Wildman–Crippen LogP) is 1.95. The third-order valence-electron chi connectivity index (χ3n) is 7.79. The number of fused-ring (bicyclic) bond motifs is 4. The number of amides is 4. The van der Waals surface area contributed by atoms with Crippen LogP contribution in [0.2, 0.25) is 0 Å². The van der Waals surface area contributed by atoms with Gasteiger partial charge in [0.05, 0.1) is 6.61 Å². The first-order valence-electron chi connectivity index (χ1n) is 12.5. The van der Waals surface area contributed by atoms with Crippen molar-refractivity contribution in [2.24, 2.45) is 11.3 Å². The van der Waals surface area contributed by atoms with Gasteiger partial charge in [-0.3, -0.25) is 24.2 Å². The van der Waals surface area contributed by atoms with Gasteiger partial charge in [0.15, 0.2) is 0 Å². The number of likely N-dealkylation sites (tertiary alicyclic amines) is 1. The Morgan fingerprint density at radius 2 is 1.61 bits per heavy atom. The Hall–Kier alpha value is -3.46. The van der Waals surface area contributed by atoms with Crippen LogP contribution in [0.5, 0.6) is 5.75 Å². The van der Waals surface area contributed by atoms with Crippen LogP contribution in [0.4, 0.5) is 4.79 Å². The summed E-state index contributed by atoms with van der Waals surface area (Å²) >= 11 is 0. The number of ether oxygens (including phenoxy) is 1. The number of pyridine rings is 1. The number of carbonyl (C=O) groups excluding carboxylic acids is 3. The van der Waals surface area contributed by atoms with Crippen molar-refractivity contribution in [3.05, 3.63) is 64.1 Å². The second-order valence-corrected chi connectivity index (χ2v) is 10.2. The molecule has 3 aliphatic rings. The topological polar surface area (TPSA) is 92.2 Å². The average Bonchev–Trinajstić information content (AvgIpc) is 2.87. The second-order valence-electron chi connectivity index (χ2n) is 10.2. The quantitative estimate of drug-likeness (QED) is 0.573. The predicted molar refractivity (Wildman–Crippen MR) is 133 cm³/mol. The van der Waals surface area contributed by atoms with Gasteiger partial charge in [0, 0.05) is 58.0 Å². The normalized spacial score (nSPS) is 23.6. The molecule has 0 saturated carbocycles. The van der Waals surface area contributed by atoms with Crippen molar-refractivity contribution in [1.29, 1.82) is 0 Å². The first-order valence-corrected chi connectivity index (χ1v) is 12.5. The molecule has 0 radical (unpaired) electrons. The van der Waals surface area contributed by atoms with Gasteiger partial charge in [-0.05, 0) is 49.4 Å². The van der Waals surface area contributed by atoms with Crippen molar-refractivity contribution < 1.29 is 19.1 Å².